The molecule has 9 heteroatoms. The Morgan fingerprint density at radius 2 is 1.80 bits per heavy atom. The van der Waals surface area contributed by atoms with E-state index in [1.807, 2.05) is 0 Å². The van der Waals surface area contributed by atoms with Gasteiger partial charge in [-0.05, 0) is 19.3 Å². The van der Waals surface area contributed by atoms with Crippen LogP contribution >= 0.6 is 11.8 Å². The molecule has 0 bridgehead atoms. The van der Waals surface area contributed by atoms with Crippen LogP contribution in [0.25, 0.3) is 0 Å². The van der Waals surface area contributed by atoms with E-state index in [4.69, 9.17) is 26.8 Å². The van der Waals surface area contributed by atoms with E-state index >= 15 is 0 Å². The number of hydrogen-bond acceptors (Lipinski definition) is 4. The van der Waals surface area contributed by atoms with E-state index in [1.165, 1.54) is 31.0 Å². The minimum atomic E-state index is -1.25. The lowest BCUT2D eigenvalue weighted by molar-refractivity contribution is -0.969. The lowest BCUT2D eigenvalue weighted by atomic mass is 9.90. The molecule has 0 heterocycles. The largest absolute Gasteiger partial charge is 0.472 e. The predicted molar refractivity (Wildman–Crippen MR) is 76.5 cm³/mol. The molecular weight excluding hydrogens is 284 g/mol. The van der Waals surface area contributed by atoms with Crippen molar-refractivity contribution in [2.24, 2.45) is 22.4 Å². The molecule has 1 saturated carbocycles. The van der Waals surface area contributed by atoms with Gasteiger partial charge in [0.25, 0.3) is 0 Å². The summed E-state index contributed by atoms with van der Waals surface area (Å²) in [5.41, 5.74) is 10.4. The number of nitrogens with zero attached hydrogens (tertiary/aromatic N) is 2. The van der Waals surface area contributed by atoms with E-state index in [-0.39, 0.29) is 5.96 Å². The summed E-state index contributed by atoms with van der Waals surface area (Å²) in [7, 11) is 0. The highest BCUT2D eigenvalue weighted by molar-refractivity contribution is 8.13. The summed E-state index contributed by atoms with van der Waals surface area (Å²) >= 11 is 1.44. The van der Waals surface area contributed by atoms with Crippen molar-refractivity contribution in [1.29, 1.82) is 0 Å². The van der Waals surface area contributed by atoms with Crippen molar-refractivity contribution in [3.8, 4) is 0 Å². The summed E-state index contributed by atoms with van der Waals surface area (Å²) in [6.07, 6.45) is 6.75. The molecule has 1 aliphatic rings. The molecule has 20 heavy (non-hydrogen) atoms. The molecule has 6 N–H and O–H groups in total. The molecule has 0 aromatic rings. The smallest absolute Gasteiger partial charge is 0.370 e. The van der Waals surface area contributed by atoms with Crippen LogP contribution in [0.3, 0.4) is 0 Å². The third-order valence-electron chi connectivity index (χ3n) is 2.78. The molecule has 116 valence electrons. The second-order valence-electron chi connectivity index (χ2n) is 4.42. The van der Waals surface area contributed by atoms with Gasteiger partial charge in [0.05, 0.1) is 0 Å². The molecule has 0 spiro atoms. The van der Waals surface area contributed by atoms with Crippen LogP contribution in [-0.2, 0) is 4.79 Å². The average Bonchev–Trinajstić information content (AvgIpc) is 2.38. The van der Waals surface area contributed by atoms with Gasteiger partial charge >= 0.3 is 5.09 Å². The van der Waals surface area contributed by atoms with Crippen molar-refractivity contribution in [3.05, 3.63) is 4.91 Å². The van der Waals surface area contributed by atoms with E-state index in [9.17, 15) is 4.79 Å². The lowest BCUT2D eigenvalue weighted by Crippen LogP contribution is -2.23. The molecule has 1 fully saturated rings. The summed E-state index contributed by atoms with van der Waals surface area (Å²) in [6, 6.07) is 0. The molecule has 0 amide bonds. The van der Waals surface area contributed by atoms with E-state index in [0.29, 0.717) is 17.6 Å². The van der Waals surface area contributed by atoms with Gasteiger partial charge in [0.15, 0.2) is 11.1 Å². The Morgan fingerprint density at radius 1 is 1.25 bits per heavy atom. The van der Waals surface area contributed by atoms with Crippen LogP contribution in [-0.4, -0.2) is 38.9 Å². The van der Waals surface area contributed by atoms with Crippen LogP contribution in [0.15, 0.2) is 4.99 Å². The number of nitrogens with two attached hydrogens (primary N) is 2. The van der Waals surface area contributed by atoms with Gasteiger partial charge in [0, 0.05) is 18.2 Å². The van der Waals surface area contributed by atoms with Gasteiger partial charge < -0.3 is 11.5 Å². The zero-order chi connectivity index (χ0) is 15.4. The second kappa shape index (κ2) is 11.3. The number of carbonyl (C=O) groups excluding carboxylic acids is 1. The molecule has 0 radical (unpaired) electrons. The second-order valence-corrected chi connectivity index (χ2v) is 5.51. The zero-order valence-electron chi connectivity index (χ0n) is 11.4. The number of thioether (sulfide) groups is 1. The minimum absolute atomic E-state index is 0.128. The summed E-state index contributed by atoms with van der Waals surface area (Å²) in [5, 5.41) is 12.9. The van der Waals surface area contributed by atoms with E-state index in [2.05, 4.69) is 4.99 Å². The standard InChI is InChI=1S/C11H21N3OS.H2NO3/c12-11(13)14-7-4-8-16-10(15)9-5-2-1-3-6-9;2-1(3)4/h9H,1-8H2,(H4,12,13,14);(H2,2,3,4)/q;+1. The number of rotatable bonds is 5. The third kappa shape index (κ3) is 11.6. The summed E-state index contributed by atoms with van der Waals surface area (Å²) < 4.78 is 0. The first-order chi connectivity index (χ1) is 9.43. The Balaban J connectivity index is 0.000000796. The van der Waals surface area contributed by atoms with Gasteiger partial charge in [-0.25, -0.2) is 10.4 Å². The first-order valence-electron chi connectivity index (χ1n) is 6.50. The molecule has 0 aromatic heterocycles. The third-order valence-corrected chi connectivity index (χ3v) is 3.89. The van der Waals surface area contributed by atoms with Gasteiger partial charge in [0.1, 0.15) is 4.91 Å². The fourth-order valence-corrected chi connectivity index (χ4v) is 2.85. The highest BCUT2D eigenvalue weighted by Crippen LogP contribution is 2.28. The van der Waals surface area contributed by atoms with Crippen LogP contribution in [0.1, 0.15) is 38.5 Å². The van der Waals surface area contributed by atoms with Gasteiger partial charge in [-0.15, -0.1) is 0 Å². The molecule has 0 aliphatic heterocycles. The molecule has 0 unspecified atom stereocenters. The van der Waals surface area contributed by atoms with Crippen molar-refractivity contribution in [3.63, 3.8) is 0 Å². The quantitative estimate of drug-likeness (QED) is 0.257. The number of guanidine groups is 1. The van der Waals surface area contributed by atoms with E-state index in [0.717, 1.165) is 25.0 Å². The summed E-state index contributed by atoms with van der Waals surface area (Å²) in [6.45, 7) is 0.618. The fourth-order valence-electron chi connectivity index (χ4n) is 1.90. The maximum Gasteiger partial charge on any atom is 0.472 e. The number of carbonyl (C=O) groups is 1. The van der Waals surface area contributed by atoms with Gasteiger partial charge in [-0.1, -0.05) is 31.0 Å². The normalized spacial score (nSPS) is 14.8. The maximum atomic E-state index is 11.8. The van der Waals surface area contributed by atoms with E-state index in [1.54, 1.807) is 0 Å². The highest BCUT2D eigenvalue weighted by atomic mass is 32.2. The van der Waals surface area contributed by atoms with Crippen molar-refractivity contribution in [2.75, 3.05) is 12.3 Å². The van der Waals surface area contributed by atoms with Gasteiger partial charge in [-0.2, -0.15) is 0 Å². The molecule has 1 rings (SSSR count). The number of hydrogen-bond donors (Lipinski definition) is 4. The van der Waals surface area contributed by atoms with Crippen LogP contribution in [0.2, 0.25) is 0 Å². The van der Waals surface area contributed by atoms with Crippen molar-refractivity contribution in [1.82, 2.24) is 0 Å². The Hall–Kier alpha value is -1.51. The first kappa shape index (κ1) is 18.5. The predicted octanol–water partition coefficient (Wildman–Crippen LogP) is 1.03. The molecule has 1 aliphatic carbocycles. The SMILES string of the molecule is NC(N)=NCCCSC(=O)C1CCCCC1.O=[N+](O)O. The minimum Gasteiger partial charge on any atom is -0.370 e. The van der Waals surface area contributed by atoms with E-state index < -0.39 is 5.09 Å². The maximum absolute atomic E-state index is 11.8. The zero-order valence-corrected chi connectivity index (χ0v) is 12.2. The monoisotopic (exact) mass is 307 g/mol. The Labute approximate surface area is 122 Å². The van der Waals surface area contributed by atoms with Crippen molar-refractivity contribution in [2.45, 2.75) is 38.5 Å². The molecule has 8 nitrogen and oxygen atoms in total. The van der Waals surface area contributed by atoms with Crippen LogP contribution in [0.5, 0.6) is 0 Å². The Kier molecular flexibility index (Phi) is 10.5. The Morgan fingerprint density at radius 3 is 2.30 bits per heavy atom. The average molecular weight is 307 g/mol. The number of aliphatic imine (C=N–C) groups is 1. The molecule has 0 aromatic carbocycles. The fraction of sp³-hybridized carbons (Fsp3) is 0.818. The van der Waals surface area contributed by atoms with Crippen molar-refractivity contribution >= 4 is 22.8 Å². The van der Waals surface area contributed by atoms with Gasteiger partial charge in [-0.3, -0.25) is 9.79 Å². The first-order valence-corrected chi connectivity index (χ1v) is 7.49. The lowest BCUT2D eigenvalue weighted by Gasteiger charge is -2.19. The molecular formula is C11H23N4O4S+. The van der Waals surface area contributed by atoms with Crippen molar-refractivity contribution < 1.29 is 20.3 Å². The Bertz CT molecular complexity index is 324. The molecule has 0 atom stereocenters. The highest BCUT2D eigenvalue weighted by Gasteiger charge is 2.20. The van der Waals surface area contributed by atoms with Gasteiger partial charge in [0.2, 0.25) is 0 Å². The topological polar surface area (TPSA) is 142 Å². The molecule has 0 saturated heterocycles. The summed E-state index contributed by atoms with van der Waals surface area (Å²) in [5.74, 6) is 1.26. The van der Waals surface area contributed by atoms with Crippen LogP contribution in [0.4, 0.5) is 0 Å². The van der Waals surface area contributed by atoms with Crippen LogP contribution in [0, 0.1) is 10.8 Å². The van der Waals surface area contributed by atoms with Crippen LogP contribution < -0.4 is 11.5 Å². The summed E-state index contributed by atoms with van der Waals surface area (Å²) in [4.78, 5) is 24.1.